The first kappa shape index (κ1) is 9.12. The highest BCUT2D eigenvalue weighted by Gasteiger charge is 2.02. The summed E-state index contributed by atoms with van der Waals surface area (Å²) in [6.45, 7) is 0. The zero-order chi connectivity index (χ0) is 7.82. The molecular formula is C7H12N2O. The predicted octanol–water partition coefficient (Wildman–Crippen LogP) is 0.467. The number of aldehydes is 1. The van der Waals surface area contributed by atoms with Crippen LogP contribution in [0.4, 0.5) is 0 Å². The summed E-state index contributed by atoms with van der Waals surface area (Å²) >= 11 is 0. The third-order valence-electron chi connectivity index (χ3n) is 1.38. The molecule has 3 nitrogen and oxygen atoms in total. The van der Waals surface area contributed by atoms with Crippen molar-refractivity contribution in [3.63, 3.8) is 0 Å². The Kier molecular flexibility index (Phi) is 5.69. The highest BCUT2D eigenvalue weighted by atomic mass is 16.1. The fourth-order valence-electron chi connectivity index (χ4n) is 0.728. The Labute approximate surface area is 61.0 Å². The van der Waals surface area contributed by atoms with Crippen molar-refractivity contribution < 1.29 is 4.79 Å². The first-order valence-electron chi connectivity index (χ1n) is 3.33. The molecule has 0 amide bonds. The van der Waals surface area contributed by atoms with Gasteiger partial charge in [0.25, 0.3) is 0 Å². The molecule has 0 rings (SSSR count). The van der Waals surface area contributed by atoms with Gasteiger partial charge in [-0.2, -0.15) is 5.26 Å². The second kappa shape index (κ2) is 6.24. The van der Waals surface area contributed by atoms with Crippen LogP contribution in [0.15, 0.2) is 0 Å². The molecular weight excluding hydrogens is 128 g/mol. The van der Waals surface area contributed by atoms with E-state index >= 15 is 0 Å². The van der Waals surface area contributed by atoms with Gasteiger partial charge < -0.3 is 10.1 Å². The van der Waals surface area contributed by atoms with Crippen LogP contribution in [0.5, 0.6) is 0 Å². The molecule has 10 heavy (non-hydrogen) atoms. The van der Waals surface area contributed by atoms with Gasteiger partial charge in [0.2, 0.25) is 0 Å². The van der Waals surface area contributed by atoms with Crippen molar-refractivity contribution in [2.45, 2.75) is 25.3 Å². The number of hydrogen-bond acceptors (Lipinski definition) is 3. The van der Waals surface area contributed by atoms with Crippen molar-refractivity contribution in [1.82, 2.24) is 5.32 Å². The molecule has 0 spiro atoms. The Morgan fingerprint density at radius 3 is 2.90 bits per heavy atom. The maximum Gasteiger partial charge on any atom is 0.120 e. The highest BCUT2D eigenvalue weighted by molar-refractivity contribution is 5.49. The van der Waals surface area contributed by atoms with Gasteiger partial charge in [0.15, 0.2) is 0 Å². The summed E-state index contributed by atoms with van der Waals surface area (Å²) in [6.07, 6.45) is 2.65. The Morgan fingerprint density at radius 2 is 2.50 bits per heavy atom. The number of hydrogen-bond donors (Lipinski definition) is 1. The summed E-state index contributed by atoms with van der Waals surface area (Å²) < 4.78 is 0. The standard InChI is InChI=1S/C7H12N2O/c1-9-7(4-5-8)3-2-6-10/h6-7,9H,2-4H2,1H3. The summed E-state index contributed by atoms with van der Waals surface area (Å²) in [7, 11) is 1.80. The monoisotopic (exact) mass is 140 g/mol. The lowest BCUT2D eigenvalue weighted by atomic mass is 10.1. The quantitative estimate of drug-likeness (QED) is 0.565. The smallest absolute Gasteiger partial charge is 0.120 e. The molecule has 0 aromatic carbocycles. The van der Waals surface area contributed by atoms with E-state index in [9.17, 15) is 4.79 Å². The number of nitriles is 1. The third kappa shape index (κ3) is 4.04. The SMILES string of the molecule is CNC(CC#N)CCC=O. The zero-order valence-corrected chi connectivity index (χ0v) is 6.13. The minimum absolute atomic E-state index is 0.176. The van der Waals surface area contributed by atoms with Crippen LogP contribution in [-0.4, -0.2) is 19.4 Å². The average Bonchev–Trinajstić information content (AvgIpc) is 1.98. The van der Waals surface area contributed by atoms with Gasteiger partial charge in [0.05, 0.1) is 12.5 Å². The summed E-state index contributed by atoms with van der Waals surface area (Å²) in [5, 5.41) is 11.2. The van der Waals surface area contributed by atoms with E-state index in [1.54, 1.807) is 7.05 Å². The molecule has 0 fully saturated rings. The van der Waals surface area contributed by atoms with Gasteiger partial charge >= 0.3 is 0 Å². The predicted molar refractivity (Wildman–Crippen MR) is 38.4 cm³/mol. The lowest BCUT2D eigenvalue weighted by Crippen LogP contribution is -2.24. The Morgan fingerprint density at radius 1 is 1.80 bits per heavy atom. The molecule has 0 aromatic heterocycles. The van der Waals surface area contributed by atoms with Gasteiger partial charge in [-0.25, -0.2) is 0 Å². The Bertz CT molecular complexity index is 128. The maximum absolute atomic E-state index is 9.92. The van der Waals surface area contributed by atoms with Gasteiger partial charge in [-0.3, -0.25) is 0 Å². The molecule has 0 aromatic rings. The van der Waals surface area contributed by atoms with Crippen molar-refractivity contribution in [3.8, 4) is 6.07 Å². The molecule has 0 saturated carbocycles. The van der Waals surface area contributed by atoms with Gasteiger partial charge in [-0.1, -0.05) is 0 Å². The molecule has 0 heterocycles. The first-order chi connectivity index (χ1) is 4.85. The van der Waals surface area contributed by atoms with E-state index in [1.807, 2.05) is 6.07 Å². The summed E-state index contributed by atoms with van der Waals surface area (Å²) in [4.78, 5) is 9.92. The van der Waals surface area contributed by atoms with Crippen LogP contribution in [-0.2, 0) is 4.79 Å². The van der Waals surface area contributed by atoms with Gasteiger partial charge in [0, 0.05) is 12.5 Å². The first-order valence-corrected chi connectivity index (χ1v) is 3.33. The van der Waals surface area contributed by atoms with Crippen LogP contribution in [0.3, 0.4) is 0 Å². The molecule has 1 unspecified atom stereocenters. The lowest BCUT2D eigenvalue weighted by molar-refractivity contribution is -0.108. The zero-order valence-electron chi connectivity index (χ0n) is 6.13. The summed E-state index contributed by atoms with van der Waals surface area (Å²) in [5.74, 6) is 0. The number of nitrogens with one attached hydrogen (secondary N) is 1. The van der Waals surface area contributed by atoms with E-state index in [4.69, 9.17) is 5.26 Å². The molecule has 0 saturated heterocycles. The molecule has 0 bridgehead atoms. The van der Waals surface area contributed by atoms with Crippen molar-refractivity contribution in [1.29, 1.82) is 5.26 Å². The molecule has 1 N–H and O–H groups in total. The van der Waals surface area contributed by atoms with Crippen LogP contribution < -0.4 is 5.32 Å². The van der Waals surface area contributed by atoms with E-state index < -0.39 is 0 Å². The molecule has 1 atom stereocenters. The third-order valence-corrected chi connectivity index (χ3v) is 1.38. The van der Waals surface area contributed by atoms with Crippen molar-refractivity contribution in [3.05, 3.63) is 0 Å². The average molecular weight is 140 g/mol. The maximum atomic E-state index is 9.92. The molecule has 56 valence electrons. The largest absolute Gasteiger partial charge is 0.316 e. The van der Waals surface area contributed by atoms with Crippen LogP contribution in [0.25, 0.3) is 0 Å². The summed E-state index contributed by atoms with van der Waals surface area (Å²) in [5.41, 5.74) is 0. The van der Waals surface area contributed by atoms with Crippen molar-refractivity contribution in [2.75, 3.05) is 7.05 Å². The Balaban J connectivity index is 3.41. The van der Waals surface area contributed by atoms with E-state index in [0.29, 0.717) is 12.8 Å². The molecule has 0 aliphatic rings. The fraction of sp³-hybridized carbons (Fsp3) is 0.714. The number of nitrogens with zero attached hydrogens (tertiary/aromatic N) is 1. The molecule has 3 heteroatoms. The van der Waals surface area contributed by atoms with Crippen LogP contribution >= 0.6 is 0 Å². The van der Waals surface area contributed by atoms with Gasteiger partial charge in [0.1, 0.15) is 6.29 Å². The highest BCUT2D eigenvalue weighted by Crippen LogP contribution is 1.97. The normalized spacial score (nSPS) is 12.0. The lowest BCUT2D eigenvalue weighted by Gasteiger charge is -2.08. The van der Waals surface area contributed by atoms with E-state index in [2.05, 4.69) is 5.32 Å². The number of carbonyl (C=O) groups excluding carboxylic acids is 1. The Hall–Kier alpha value is -0.880. The van der Waals surface area contributed by atoms with E-state index in [1.165, 1.54) is 0 Å². The molecule has 0 aliphatic heterocycles. The van der Waals surface area contributed by atoms with E-state index in [0.717, 1.165) is 12.7 Å². The summed E-state index contributed by atoms with van der Waals surface area (Å²) in [6, 6.07) is 2.23. The van der Waals surface area contributed by atoms with Gasteiger partial charge in [-0.05, 0) is 13.5 Å². The number of rotatable bonds is 5. The van der Waals surface area contributed by atoms with Crippen LogP contribution in [0.2, 0.25) is 0 Å². The van der Waals surface area contributed by atoms with Crippen LogP contribution in [0, 0.1) is 11.3 Å². The fourth-order valence-corrected chi connectivity index (χ4v) is 0.728. The van der Waals surface area contributed by atoms with Crippen molar-refractivity contribution in [2.24, 2.45) is 0 Å². The second-order valence-corrected chi connectivity index (χ2v) is 2.09. The molecule has 0 aliphatic carbocycles. The minimum atomic E-state index is 0.176. The topological polar surface area (TPSA) is 52.9 Å². The van der Waals surface area contributed by atoms with Crippen molar-refractivity contribution >= 4 is 6.29 Å². The van der Waals surface area contributed by atoms with Gasteiger partial charge in [-0.15, -0.1) is 0 Å². The minimum Gasteiger partial charge on any atom is -0.316 e. The number of carbonyl (C=O) groups is 1. The molecule has 0 radical (unpaired) electrons. The second-order valence-electron chi connectivity index (χ2n) is 2.09. The van der Waals surface area contributed by atoms with E-state index in [-0.39, 0.29) is 6.04 Å². The van der Waals surface area contributed by atoms with Crippen LogP contribution in [0.1, 0.15) is 19.3 Å².